The molecule has 2 aromatic rings. The van der Waals surface area contributed by atoms with Crippen molar-refractivity contribution in [1.82, 2.24) is 9.97 Å². The molecular weight excluding hydrogens is 483 g/mol. The molecule has 0 amide bonds. The van der Waals surface area contributed by atoms with Crippen molar-refractivity contribution >= 4 is 5.97 Å². The van der Waals surface area contributed by atoms with Gasteiger partial charge in [0, 0.05) is 47.5 Å². The summed E-state index contributed by atoms with van der Waals surface area (Å²) >= 11 is 0. The van der Waals surface area contributed by atoms with Crippen molar-refractivity contribution < 1.29 is 31.5 Å². The van der Waals surface area contributed by atoms with Crippen molar-refractivity contribution in [3.8, 4) is 11.3 Å². The summed E-state index contributed by atoms with van der Waals surface area (Å²) in [5.74, 6) is -5.72. The molecule has 36 heavy (non-hydrogen) atoms. The van der Waals surface area contributed by atoms with Crippen LogP contribution in [0.1, 0.15) is 90.2 Å². The summed E-state index contributed by atoms with van der Waals surface area (Å²) in [7, 11) is 0. The monoisotopic (exact) mass is 512 g/mol. The Labute approximate surface area is 205 Å². The lowest BCUT2D eigenvalue weighted by Gasteiger charge is -2.36. The quantitative estimate of drug-likeness (QED) is 0.363. The van der Waals surface area contributed by atoms with Crippen LogP contribution in [0.5, 0.6) is 0 Å². The second kappa shape index (κ2) is 9.59. The highest BCUT2D eigenvalue weighted by molar-refractivity contribution is 5.96. The number of carbonyl (C=O) groups excluding carboxylic acids is 1. The Bertz CT molecular complexity index is 1210. The average molecular weight is 513 g/mol. The number of alkyl halides is 5. The topological polar surface area (TPSA) is 72.0 Å². The van der Waals surface area contributed by atoms with Crippen molar-refractivity contribution in [1.29, 1.82) is 0 Å². The second-order valence-electron chi connectivity index (χ2n) is 9.92. The van der Waals surface area contributed by atoms with Crippen LogP contribution in [0.3, 0.4) is 0 Å². The van der Waals surface area contributed by atoms with E-state index in [1.54, 1.807) is 26.8 Å². The minimum absolute atomic E-state index is 0.0476. The maximum Gasteiger partial charge on any atom is 0.391 e. The first-order valence-corrected chi connectivity index (χ1v) is 12.2. The Morgan fingerprint density at radius 1 is 1.14 bits per heavy atom. The number of rotatable bonds is 5. The summed E-state index contributed by atoms with van der Waals surface area (Å²) < 4.78 is 72.1. The van der Waals surface area contributed by atoms with Gasteiger partial charge in [-0.15, -0.1) is 0 Å². The van der Waals surface area contributed by atoms with Crippen molar-refractivity contribution in [2.24, 2.45) is 5.92 Å². The maximum absolute atomic E-state index is 13.5. The number of hydrogen-bond acceptors (Lipinski definition) is 4. The van der Waals surface area contributed by atoms with E-state index < -0.39 is 35.3 Å². The predicted molar refractivity (Wildman–Crippen MR) is 123 cm³/mol. The fourth-order valence-electron chi connectivity index (χ4n) is 5.28. The Kier molecular flexibility index (Phi) is 7.00. The van der Waals surface area contributed by atoms with E-state index in [9.17, 15) is 31.5 Å². The number of carbonyl (C=O) groups is 1. The smallest absolute Gasteiger partial charge is 0.391 e. The van der Waals surface area contributed by atoms with Crippen LogP contribution in [0.4, 0.5) is 22.0 Å². The summed E-state index contributed by atoms with van der Waals surface area (Å²) in [4.78, 5) is 33.4. The normalized spacial score (nSPS) is 22.2. The zero-order chi connectivity index (χ0) is 26.4. The van der Waals surface area contributed by atoms with Crippen molar-refractivity contribution in [2.45, 2.75) is 83.2 Å². The third-order valence-electron chi connectivity index (χ3n) is 7.54. The molecule has 2 fully saturated rings. The summed E-state index contributed by atoms with van der Waals surface area (Å²) in [6.45, 7) is 4.92. The minimum Gasteiger partial charge on any atom is -0.462 e. The number of pyridine rings is 2. The number of aromatic nitrogens is 2. The van der Waals surface area contributed by atoms with E-state index in [1.165, 1.54) is 6.20 Å². The summed E-state index contributed by atoms with van der Waals surface area (Å²) in [5.41, 5.74) is 1.81. The number of aryl methyl sites for hydroxylation is 1. The lowest BCUT2D eigenvalue weighted by molar-refractivity contribution is -0.182. The first kappa shape index (κ1) is 26.3. The van der Waals surface area contributed by atoms with Crippen LogP contribution in [-0.4, -0.2) is 34.6 Å². The van der Waals surface area contributed by atoms with Gasteiger partial charge in [0.25, 0.3) is 0 Å². The van der Waals surface area contributed by atoms with E-state index in [0.29, 0.717) is 28.1 Å². The molecule has 2 aliphatic rings. The highest BCUT2D eigenvalue weighted by Gasteiger charge is 2.47. The molecule has 0 bridgehead atoms. The third-order valence-corrected chi connectivity index (χ3v) is 7.54. The molecule has 0 radical (unpaired) electrons. The molecule has 0 saturated heterocycles. The van der Waals surface area contributed by atoms with Gasteiger partial charge in [0.05, 0.1) is 18.2 Å². The van der Waals surface area contributed by atoms with Gasteiger partial charge < -0.3 is 9.72 Å². The molecule has 2 heterocycles. The first-order valence-electron chi connectivity index (χ1n) is 12.2. The molecule has 196 valence electrons. The highest BCUT2D eigenvalue weighted by atomic mass is 19.4. The SMILES string of the molecule is CCOC(=O)c1c(-c2cnc(C3CC(F)(F)C3)cc2[C@H]2CC[C@H](C(F)(F)F)CC2)[nH]c(C)c(C)c1=O. The van der Waals surface area contributed by atoms with E-state index in [0.717, 1.165) is 0 Å². The van der Waals surface area contributed by atoms with Crippen molar-refractivity contribution in [3.05, 3.63) is 50.6 Å². The molecule has 2 aliphatic carbocycles. The average Bonchev–Trinajstić information content (AvgIpc) is 2.80. The maximum atomic E-state index is 13.5. The molecule has 1 N–H and O–H groups in total. The molecule has 4 rings (SSSR count). The number of esters is 1. The first-order chi connectivity index (χ1) is 16.8. The number of halogens is 5. The van der Waals surface area contributed by atoms with Crippen LogP contribution in [0.25, 0.3) is 11.3 Å². The van der Waals surface area contributed by atoms with Gasteiger partial charge in [-0.05, 0) is 64.0 Å². The predicted octanol–water partition coefficient (Wildman–Crippen LogP) is 6.58. The number of aromatic amines is 1. The number of nitrogens with one attached hydrogen (secondary N) is 1. The van der Waals surface area contributed by atoms with Crippen LogP contribution < -0.4 is 5.43 Å². The third kappa shape index (κ3) is 5.04. The van der Waals surface area contributed by atoms with Crippen LogP contribution in [0, 0.1) is 19.8 Å². The standard InChI is InChI=1S/C26H29F5N2O3/c1-4-36-24(35)21-22(33-14(3)13(2)23(21)34)19-12-32-20(16-10-25(27,28)11-16)9-18(19)15-5-7-17(8-6-15)26(29,30)31/h9,12,15-17H,4-8,10-11H2,1-3H3,(H,33,34)/t15-,17-. The van der Waals surface area contributed by atoms with E-state index in [4.69, 9.17) is 4.74 Å². The largest absolute Gasteiger partial charge is 0.462 e. The van der Waals surface area contributed by atoms with Crippen LogP contribution in [0.15, 0.2) is 17.1 Å². The van der Waals surface area contributed by atoms with E-state index in [-0.39, 0.29) is 62.3 Å². The second-order valence-corrected chi connectivity index (χ2v) is 9.92. The van der Waals surface area contributed by atoms with Crippen LogP contribution in [0.2, 0.25) is 0 Å². The van der Waals surface area contributed by atoms with Crippen molar-refractivity contribution in [3.63, 3.8) is 0 Å². The van der Waals surface area contributed by atoms with Gasteiger partial charge >= 0.3 is 12.1 Å². The number of nitrogens with zero attached hydrogens (tertiary/aromatic N) is 1. The highest BCUT2D eigenvalue weighted by Crippen LogP contribution is 2.50. The molecule has 2 aromatic heterocycles. The Balaban J connectivity index is 1.82. The van der Waals surface area contributed by atoms with Gasteiger partial charge in [-0.25, -0.2) is 13.6 Å². The number of hydrogen-bond donors (Lipinski definition) is 1. The van der Waals surface area contributed by atoms with Gasteiger partial charge in [0.15, 0.2) is 5.43 Å². The fraction of sp³-hybridized carbons (Fsp3) is 0.577. The lowest BCUT2D eigenvalue weighted by Crippen LogP contribution is -2.34. The van der Waals surface area contributed by atoms with Gasteiger partial charge in [-0.1, -0.05) is 0 Å². The Hall–Kier alpha value is -2.78. The fourth-order valence-corrected chi connectivity index (χ4v) is 5.28. The summed E-state index contributed by atoms with van der Waals surface area (Å²) in [6.07, 6.45) is -3.13. The molecule has 2 saturated carbocycles. The summed E-state index contributed by atoms with van der Waals surface area (Å²) in [6, 6.07) is 1.68. The van der Waals surface area contributed by atoms with Gasteiger partial charge in [0.2, 0.25) is 5.92 Å². The Morgan fingerprint density at radius 2 is 1.78 bits per heavy atom. The lowest BCUT2D eigenvalue weighted by atomic mass is 9.74. The van der Waals surface area contributed by atoms with E-state index in [2.05, 4.69) is 9.97 Å². The summed E-state index contributed by atoms with van der Waals surface area (Å²) in [5, 5.41) is 0. The molecule has 10 heteroatoms. The van der Waals surface area contributed by atoms with Gasteiger partial charge in [0.1, 0.15) is 5.56 Å². The molecular formula is C26H29F5N2O3. The molecule has 0 aliphatic heterocycles. The van der Waals surface area contributed by atoms with E-state index >= 15 is 0 Å². The zero-order valence-electron chi connectivity index (χ0n) is 20.4. The molecule has 0 aromatic carbocycles. The van der Waals surface area contributed by atoms with Gasteiger partial charge in [-0.2, -0.15) is 13.2 Å². The molecule has 0 spiro atoms. The Morgan fingerprint density at radius 3 is 2.33 bits per heavy atom. The number of H-pyrrole nitrogens is 1. The molecule has 0 atom stereocenters. The number of ether oxygens (including phenoxy) is 1. The van der Waals surface area contributed by atoms with Crippen molar-refractivity contribution in [2.75, 3.05) is 6.61 Å². The van der Waals surface area contributed by atoms with Crippen LogP contribution in [-0.2, 0) is 4.74 Å². The van der Waals surface area contributed by atoms with Gasteiger partial charge in [-0.3, -0.25) is 9.78 Å². The zero-order valence-corrected chi connectivity index (χ0v) is 20.4. The van der Waals surface area contributed by atoms with E-state index in [1.807, 2.05) is 0 Å². The minimum atomic E-state index is -4.27. The molecule has 0 unspecified atom stereocenters. The van der Waals surface area contributed by atoms with Crippen LogP contribution >= 0.6 is 0 Å². The molecule has 5 nitrogen and oxygen atoms in total.